The van der Waals surface area contributed by atoms with Gasteiger partial charge < -0.3 is 9.88 Å². The van der Waals surface area contributed by atoms with Gasteiger partial charge in [0.15, 0.2) is 0 Å². The predicted molar refractivity (Wildman–Crippen MR) is 151 cm³/mol. The number of fused-ring (bicyclic) bond motifs is 1. The molecule has 2 heterocycles. The normalized spacial score (nSPS) is 19.2. The number of carbonyl (C=O) groups excluding carboxylic acids is 1. The minimum Gasteiger partial charge on any atom is -0.340 e. The summed E-state index contributed by atoms with van der Waals surface area (Å²) in [6, 6.07) is 15.1. The molecule has 5 heteroatoms. The number of nitrogens with one attached hydrogen (secondary N) is 1. The SMILES string of the molecule is CC(C)C(=O)Nc1cccc(C2CCN(Cc3cn(C4C=CC=CCC4)c4cc(Cl)ccc34)CC2)c1. The fraction of sp³-hybridized carbons (Fsp3) is 0.387. The summed E-state index contributed by atoms with van der Waals surface area (Å²) in [5.41, 5.74) is 4.84. The molecular formula is C31H36ClN3O. The van der Waals surface area contributed by atoms with Crippen molar-refractivity contribution < 1.29 is 4.79 Å². The topological polar surface area (TPSA) is 37.3 Å². The standard InChI is InChI=1S/C31H36ClN3O/c1-22(2)31(36)33-27-9-7-8-24(18-27)23-14-16-34(17-15-23)20-25-21-35(28-10-5-3-4-6-11-28)30-19-26(32)12-13-29(25)30/h3-5,7-10,12-13,18-19,21-23,28H,6,11,14-17,20H2,1-2H3,(H,33,36). The molecule has 0 saturated carbocycles. The Morgan fingerprint density at radius 3 is 2.72 bits per heavy atom. The molecule has 1 atom stereocenters. The summed E-state index contributed by atoms with van der Waals surface area (Å²) in [5.74, 6) is 0.577. The van der Waals surface area contributed by atoms with Crippen molar-refractivity contribution >= 4 is 34.1 Å². The Balaban J connectivity index is 1.28. The van der Waals surface area contributed by atoms with Crippen LogP contribution in [0.4, 0.5) is 5.69 Å². The Morgan fingerprint density at radius 2 is 1.92 bits per heavy atom. The highest BCUT2D eigenvalue weighted by molar-refractivity contribution is 6.31. The van der Waals surface area contributed by atoms with Crippen LogP contribution in [0, 0.1) is 5.92 Å². The molecule has 0 spiro atoms. The van der Waals surface area contributed by atoms with Crippen molar-refractivity contribution in [3.05, 3.63) is 89.1 Å². The number of aromatic nitrogens is 1. The third-order valence-electron chi connectivity index (χ3n) is 7.58. The Labute approximate surface area is 219 Å². The number of hydrogen-bond acceptors (Lipinski definition) is 2. The van der Waals surface area contributed by atoms with Gasteiger partial charge in [-0.1, -0.05) is 68.0 Å². The molecule has 36 heavy (non-hydrogen) atoms. The zero-order valence-electron chi connectivity index (χ0n) is 21.3. The van der Waals surface area contributed by atoms with Crippen LogP contribution in [0.3, 0.4) is 0 Å². The van der Waals surface area contributed by atoms with E-state index in [0.29, 0.717) is 12.0 Å². The second-order valence-corrected chi connectivity index (χ2v) is 10.9. The number of rotatable bonds is 6. The number of nitrogens with zero attached hydrogens (tertiary/aromatic N) is 2. The molecule has 5 rings (SSSR count). The molecular weight excluding hydrogens is 466 g/mol. The first-order valence-electron chi connectivity index (χ1n) is 13.2. The minimum atomic E-state index is -0.0193. The summed E-state index contributed by atoms with van der Waals surface area (Å²) >= 11 is 6.41. The van der Waals surface area contributed by atoms with Crippen LogP contribution < -0.4 is 5.32 Å². The largest absolute Gasteiger partial charge is 0.340 e. The van der Waals surface area contributed by atoms with Crippen molar-refractivity contribution in [2.45, 2.75) is 58.0 Å². The predicted octanol–water partition coefficient (Wildman–Crippen LogP) is 7.72. The van der Waals surface area contributed by atoms with Crippen molar-refractivity contribution in [2.75, 3.05) is 18.4 Å². The third kappa shape index (κ3) is 5.61. The number of benzene rings is 2. The Hall–Kier alpha value is -2.82. The molecule has 1 unspecified atom stereocenters. The molecule has 0 bridgehead atoms. The van der Waals surface area contributed by atoms with Crippen molar-refractivity contribution in [2.24, 2.45) is 5.92 Å². The van der Waals surface area contributed by atoms with Crippen LogP contribution in [0.15, 0.2) is 73.0 Å². The number of piperidine rings is 1. The highest BCUT2D eigenvalue weighted by Crippen LogP contribution is 2.34. The van der Waals surface area contributed by atoms with Gasteiger partial charge >= 0.3 is 0 Å². The van der Waals surface area contributed by atoms with Gasteiger partial charge in [-0.3, -0.25) is 9.69 Å². The lowest BCUT2D eigenvalue weighted by Gasteiger charge is -2.32. The summed E-state index contributed by atoms with van der Waals surface area (Å²) in [6.07, 6.45) is 15.7. The van der Waals surface area contributed by atoms with Crippen molar-refractivity contribution in [3.63, 3.8) is 0 Å². The molecule has 1 N–H and O–H groups in total. The third-order valence-corrected chi connectivity index (χ3v) is 7.81. The number of amides is 1. The van der Waals surface area contributed by atoms with Crippen LogP contribution in [0.25, 0.3) is 10.9 Å². The van der Waals surface area contributed by atoms with Gasteiger partial charge in [0, 0.05) is 34.8 Å². The van der Waals surface area contributed by atoms with E-state index in [1.165, 1.54) is 22.0 Å². The minimum absolute atomic E-state index is 0.0193. The molecule has 3 aromatic rings. The lowest BCUT2D eigenvalue weighted by atomic mass is 9.89. The van der Waals surface area contributed by atoms with E-state index >= 15 is 0 Å². The van der Waals surface area contributed by atoms with Crippen LogP contribution in [0.5, 0.6) is 0 Å². The van der Waals surface area contributed by atoms with Crippen LogP contribution in [-0.2, 0) is 11.3 Å². The average Bonchev–Trinajstić information content (AvgIpc) is 3.04. The fourth-order valence-electron chi connectivity index (χ4n) is 5.48. The van der Waals surface area contributed by atoms with Crippen molar-refractivity contribution in [3.8, 4) is 0 Å². The van der Waals surface area contributed by atoms with Crippen LogP contribution in [0.2, 0.25) is 5.02 Å². The highest BCUT2D eigenvalue weighted by atomic mass is 35.5. The zero-order chi connectivity index (χ0) is 25.1. The molecule has 1 aliphatic heterocycles. The maximum Gasteiger partial charge on any atom is 0.226 e. The Morgan fingerprint density at radius 1 is 1.08 bits per heavy atom. The smallest absolute Gasteiger partial charge is 0.226 e. The van der Waals surface area contributed by atoms with E-state index in [2.05, 4.69) is 75.6 Å². The van der Waals surface area contributed by atoms with Gasteiger partial charge in [0.1, 0.15) is 0 Å². The van der Waals surface area contributed by atoms with Gasteiger partial charge in [-0.05, 0) is 80.1 Å². The van der Waals surface area contributed by atoms with Crippen LogP contribution >= 0.6 is 11.6 Å². The van der Waals surface area contributed by atoms with Gasteiger partial charge in [0.25, 0.3) is 0 Å². The molecule has 1 amide bonds. The first kappa shape index (κ1) is 24.9. The van der Waals surface area contributed by atoms with E-state index in [1.54, 1.807) is 0 Å². The molecule has 2 aliphatic rings. The van der Waals surface area contributed by atoms with Crippen LogP contribution in [-0.4, -0.2) is 28.5 Å². The summed E-state index contributed by atoms with van der Waals surface area (Å²) in [5, 5.41) is 5.14. The molecule has 4 nitrogen and oxygen atoms in total. The molecule has 2 aromatic carbocycles. The molecule has 1 aliphatic carbocycles. The molecule has 0 radical (unpaired) electrons. The summed E-state index contributed by atoms with van der Waals surface area (Å²) in [4.78, 5) is 14.7. The van der Waals surface area contributed by atoms with E-state index in [9.17, 15) is 4.79 Å². The highest BCUT2D eigenvalue weighted by Gasteiger charge is 2.23. The van der Waals surface area contributed by atoms with Gasteiger partial charge in [0.2, 0.25) is 5.91 Å². The molecule has 1 aromatic heterocycles. The number of halogens is 1. The zero-order valence-corrected chi connectivity index (χ0v) is 22.0. The Bertz CT molecular complexity index is 1280. The lowest BCUT2D eigenvalue weighted by molar-refractivity contribution is -0.118. The summed E-state index contributed by atoms with van der Waals surface area (Å²) < 4.78 is 2.42. The first-order valence-corrected chi connectivity index (χ1v) is 13.6. The molecule has 1 saturated heterocycles. The lowest BCUT2D eigenvalue weighted by Crippen LogP contribution is -2.32. The van der Waals surface area contributed by atoms with Gasteiger partial charge in [-0.15, -0.1) is 0 Å². The molecule has 188 valence electrons. The van der Waals surface area contributed by atoms with E-state index in [0.717, 1.165) is 56.0 Å². The fourth-order valence-corrected chi connectivity index (χ4v) is 5.65. The second kappa shape index (κ2) is 11.1. The van der Waals surface area contributed by atoms with E-state index in [1.807, 2.05) is 26.0 Å². The number of allylic oxidation sites excluding steroid dienone is 4. The number of hydrogen-bond donors (Lipinski definition) is 1. The second-order valence-electron chi connectivity index (χ2n) is 10.5. The monoisotopic (exact) mass is 501 g/mol. The van der Waals surface area contributed by atoms with Crippen molar-refractivity contribution in [1.29, 1.82) is 0 Å². The summed E-state index contributed by atoms with van der Waals surface area (Å²) in [6.45, 7) is 6.94. The number of anilines is 1. The number of likely N-dealkylation sites (tertiary alicyclic amines) is 1. The maximum absolute atomic E-state index is 12.1. The van der Waals surface area contributed by atoms with Gasteiger partial charge in [-0.25, -0.2) is 0 Å². The van der Waals surface area contributed by atoms with E-state index < -0.39 is 0 Å². The first-order chi connectivity index (χ1) is 17.5. The van der Waals surface area contributed by atoms with E-state index in [4.69, 9.17) is 11.6 Å². The van der Waals surface area contributed by atoms with Crippen molar-refractivity contribution in [1.82, 2.24) is 9.47 Å². The average molecular weight is 502 g/mol. The summed E-state index contributed by atoms with van der Waals surface area (Å²) in [7, 11) is 0. The quantitative estimate of drug-likeness (QED) is 0.375. The maximum atomic E-state index is 12.1. The molecule has 1 fully saturated rings. The van der Waals surface area contributed by atoms with Gasteiger partial charge in [-0.2, -0.15) is 0 Å². The number of carbonyl (C=O) groups is 1. The van der Waals surface area contributed by atoms with E-state index in [-0.39, 0.29) is 11.8 Å². The Kier molecular flexibility index (Phi) is 7.64. The van der Waals surface area contributed by atoms with Gasteiger partial charge in [0.05, 0.1) is 11.6 Å². The van der Waals surface area contributed by atoms with Crippen LogP contribution in [0.1, 0.15) is 62.6 Å².